The van der Waals surface area contributed by atoms with Crippen LogP contribution in [-0.2, 0) is 12.8 Å². The van der Waals surface area contributed by atoms with Crippen LogP contribution in [0.2, 0.25) is 0 Å². The Labute approximate surface area is 134 Å². The lowest BCUT2D eigenvalue weighted by Gasteiger charge is -2.18. The predicted octanol–water partition coefficient (Wildman–Crippen LogP) is 1.08. The summed E-state index contributed by atoms with van der Waals surface area (Å²) in [6.45, 7) is 1.38. The molecule has 3 heterocycles. The van der Waals surface area contributed by atoms with E-state index >= 15 is 0 Å². The summed E-state index contributed by atoms with van der Waals surface area (Å²) in [4.78, 5) is 31.0. The topological polar surface area (TPSA) is 83.9 Å². The molecule has 2 aliphatic rings. The quantitative estimate of drug-likeness (QED) is 0.913. The molecule has 2 aromatic rings. The van der Waals surface area contributed by atoms with E-state index in [1.807, 2.05) is 4.90 Å². The molecule has 1 saturated heterocycles. The van der Waals surface area contributed by atoms with Crippen LogP contribution in [0.5, 0.6) is 0 Å². The molecular weight excluding hydrogens is 292 g/mol. The molecule has 0 saturated carbocycles. The third-order valence-electron chi connectivity index (χ3n) is 4.47. The van der Waals surface area contributed by atoms with Crippen molar-refractivity contribution < 1.29 is 4.79 Å². The number of carbonyl (C=O) groups excluding carboxylic acids is 1. The number of rotatable bonds is 3. The summed E-state index contributed by atoms with van der Waals surface area (Å²) in [7, 11) is 0. The van der Waals surface area contributed by atoms with Crippen molar-refractivity contribution >= 4 is 11.7 Å². The van der Waals surface area contributed by atoms with Crippen molar-refractivity contribution in [2.75, 3.05) is 18.4 Å². The molecule has 0 aromatic carbocycles. The number of nitrogens with one attached hydrogen (secondary N) is 1. The summed E-state index contributed by atoms with van der Waals surface area (Å²) < 4.78 is 0. The predicted molar refractivity (Wildman–Crippen MR) is 84.0 cm³/mol. The van der Waals surface area contributed by atoms with E-state index in [2.05, 4.69) is 25.3 Å². The molecule has 0 bridgehead atoms. The maximum absolute atomic E-state index is 12.4. The van der Waals surface area contributed by atoms with Gasteiger partial charge in [0.2, 0.25) is 0 Å². The summed E-state index contributed by atoms with van der Waals surface area (Å²) in [6, 6.07) is 0.218. The normalized spacial score (nSPS) is 19.7. The fourth-order valence-corrected chi connectivity index (χ4v) is 3.31. The first-order chi connectivity index (χ1) is 11.3. The number of hydrogen-bond donors (Lipinski definition) is 1. The molecule has 1 atom stereocenters. The van der Waals surface area contributed by atoms with Gasteiger partial charge in [-0.25, -0.2) is 15.0 Å². The van der Waals surface area contributed by atoms with Gasteiger partial charge >= 0.3 is 0 Å². The van der Waals surface area contributed by atoms with Gasteiger partial charge in [0, 0.05) is 42.8 Å². The van der Waals surface area contributed by atoms with Gasteiger partial charge in [0.15, 0.2) is 0 Å². The highest BCUT2D eigenvalue weighted by atomic mass is 16.2. The average Bonchev–Trinajstić information content (AvgIpc) is 3.25. The van der Waals surface area contributed by atoms with Gasteiger partial charge in [-0.2, -0.15) is 0 Å². The number of nitrogens with zero attached hydrogens (tertiary/aromatic N) is 5. The summed E-state index contributed by atoms with van der Waals surface area (Å²) in [5.41, 5.74) is 2.80. The number of aryl methyl sites for hydroxylation is 1. The van der Waals surface area contributed by atoms with Gasteiger partial charge in [0.25, 0.3) is 5.91 Å². The van der Waals surface area contributed by atoms with Gasteiger partial charge in [-0.1, -0.05) is 0 Å². The highest BCUT2D eigenvalue weighted by Gasteiger charge is 2.29. The van der Waals surface area contributed by atoms with E-state index < -0.39 is 0 Å². The van der Waals surface area contributed by atoms with Gasteiger partial charge in [0.05, 0.1) is 6.20 Å². The zero-order valence-corrected chi connectivity index (χ0v) is 12.8. The van der Waals surface area contributed by atoms with E-state index in [4.69, 9.17) is 0 Å². The molecule has 4 rings (SSSR count). The lowest BCUT2D eigenvalue weighted by atomic mass is 10.2. The molecule has 1 unspecified atom stereocenters. The lowest BCUT2D eigenvalue weighted by molar-refractivity contribution is 0.0785. The van der Waals surface area contributed by atoms with Crippen LogP contribution >= 0.6 is 0 Å². The first-order valence-electron chi connectivity index (χ1n) is 7.96. The maximum atomic E-state index is 12.4. The third kappa shape index (κ3) is 2.74. The second-order valence-corrected chi connectivity index (χ2v) is 5.97. The minimum absolute atomic E-state index is 0.0599. The Bertz CT molecular complexity index is 720. The van der Waals surface area contributed by atoms with Crippen LogP contribution in [0, 0.1) is 0 Å². The number of aromatic nitrogens is 4. The minimum Gasteiger partial charge on any atom is -0.365 e. The number of carbonyl (C=O) groups is 1. The van der Waals surface area contributed by atoms with Crippen molar-refractivity contribution in [1.29, 1.82) is 0 Å². The summed E-state index contributed by atoms with van der Waals surface area (Å²) in [6.07, 6.45) is 10.4. The summed E-state index contributed by atoms with van der Waals surface area (Å²) >= 11 is 0. The van der Waals surface area contributed by atoms with E-state index in [1.54, 1.807) is 18.7 Å². The van der Waals surface area contributed by atoms with Crippen LogP contribution in [0.3, 0.4) is 0 Å². The molecule has 7 nitrogen and oxygen atoms in total. The largest absolute Gasteiger partial charge is 0.365 e. The van der Waals surface area contributed by atoms with Crippen molar-refractivity contribution in [2.45, 2.75) is 31.7 Å². The van der Waals surface area contributed by atoms with Gasteiger partial charge < -0.3 is 10.2 Å². The van der Waals surface area contributed by atoms with E-state index in [0.29, 0.717) is 12.2 Å². The highest BCUT2D eigenvalue weighted by Crippen LogP contribution is 2.26. The van der Waals surface area contributed by atoms with E-state index in [1.165, 1.54) is 11.8 Å². The van der Waals surface area contributed by atoms with Crippen LogP contribution in [0.15, 0.2) is 24.9 Å². The van der Waals surface area contributed by atoms with Gasteiger partial charge in [-0.3, -0.25) is 9.78 Å². The molecule has 1 fully saturated rings. The number of anilines is 1. The highest BCUT2D eigenvalue weighted by molar-refractivity contribution is 5.92. The Morgan fingerprint density at radius 3 is 3.04 bits per heavy atom. The molecule has 23 heavy (non-hydrogen) atoms. The maximum Gasteiger partial charge on any atom is 0.274 e. The SMILES string of the molecule is O=C(c1cnccn1)N1CCC(Nc2ncnc3c2CCC3)C1. The van der Waals surface area contributed by atoms with Gasteiger partial charge in [-0.05, 0) is 25.7 Å². The van der Waals surface area contributed by atoms with E-state index in [-0.39, 0.29) is 11.9 Å². The molecule has 2 aromatic heterocycles. The van der Waals surface area contributed by atoms with Crippen molar-refractivity contribution in [3.8, 4) is 0 Å². The number of likely N-dealkylation sites (tertiary alicyclic amines) is 1. The Balaban J connectivity index is 1.43. The Kier molecular flexibility index (Phi) is 3.61. The van der Waals surface area contributed by atoms with Gasteiger partial charge in [-0.15, -0.1) is 0 Å². The molecule has 118 valence electrons. The molecule has 1 aliphatic heterocycles. The molecule has 1 aliphatic carbocycles. The van der Waals surface area contributed by atoms with Crippen LogP contribution in [0.1, 0.15) is 34.6 Å². The fourth-order valence-electron chi connectivity index (χ4n) is 3.31. The number of amides is 1. The van der Waals surface area contributed by atoms with Crippen molar-refractivity contribution in [3.63, 3.8) is 0 Å². The Hall–Kier alpha value is -2.57. The minimum atomic E-state index is -0.0599. The molecule has 7 heteroatoms. The van der Waals surface area contributed by atoms with E-state index in [9.17, 15) is 4.79 Å². The lowest BCUT2D eigenvalue weighted by Crippen LogP contribution is -2.32. The number of hydrogen-bond acceptors (Lipinski definition) is 6. The molecule has 1 amide bonds. The molecule has 0 radical (unpaired) electrons. The number of fused-ring (bicyclic) bond motifs is 1. The first-order valence-corrected chi connectivity index (χ1v) is 7.96. The van der Waals surface area contributed by atoms with E-state index in [0.717, 1.165) is 43.7 Å². The molecular formula is C16H18N6O. The summed E-state index contributed by atoms with van der Waals surface area (Å²) in [5, 5.41) is 3.50. The second-order valence-electron chi connectivity index (χ2n) is 5.97. The van der Waals surface area contributed by atoms with Crippen LogP contribution < -0.4 is 5.32 Å². The first kappa shape index (κ1) is 14.0. The zero-order chi connectivity index (χ0) is 15.6. The Morgan fingerprint density at radius 2 is 2.17 bits per heavy atom. The third-order valence-corrected chi connectivity index (χ3v) is 4.47. The second kappa shape index (κ2) is 5.91. The zero-order valence-electron chi connectivity index (χ0n) is 12.8. The smallest absolute Gasteiger partial charge is 0.274 e. The Morgan fingerprint density at radius 1 is 1.22 bits per heavy atom. The average molecular weight is 310 g/mol. The van der Waals surface area contributed by atoms with Crippen LogP contribution in [-0.4, -0.2) is 49.9 Å². The van der Waals surface area contributed by atoms with Crippen molar-refractivity contribution in [2.24, 2.45) is 0 Å². The van der Waals surface area contributed by atoms with Crippen molar-refractivity contribution in [1.82, 2.24) is 24.8 Å². The summed E-state index contributed by atoms with van der Waals surface area (Å²) in [5.74, 6) is 0.876. The van der Waals surface area contributed by atoms with Gasteiger partial charge in [0.1, 0.15) is 17.8 Å². The molecule has 0 spiro atoms. The fraction of sp³-hybridized carbons (Fsp3) is 0.438. The van der Waals surface area contributed by atoms with Crippen molar-refractivity contribution in [3.05, 3.63) is 41.9 Å². The van der Waals surface area contributed by atoms with Crippen LogP contribution in [0.4, 0.5) is 5.82 Å². The monoisotopic (exact) mass is 310 g/mol. The van der Waals surface area contributed by atoms with Crippen LogP contribution in [0.25, 0.3) is 0 Å². The molecule has 1 N–H and O–H groups in total. The standard InChI is InChI=1S/C16H18N6O/c23-16(14-8-17-5-6-18-14)22-7-4-11(9-22)21-15-12-2-1-3-13(12)19-10-20-15/h5-6,8,10-11H,1-4,7,9H2,(H,19,20,21).